The lowest BCUT2D eigenvalue weighted by atomic mass is 10.1. The number of aromatic nitrogens is 1. The third-order valence-electron chi connectivity index (χ3n) is 3.99. The Morgan fingerprint density at radius 1 is 1.43 bits per heavy atom. The molecule has 3 N–H and O–H groups in total. The Bertz CT molecular complexity index is 957. The quantitative estimate of drug-likeness (QED) is 0.621. The fourth-order valence-electron chi connectivity index (χ4n) is 2.32. The summed E-state index contributed by atoms with van der Waals surface area (Å²) in [4.78, 5) is 18.3. The van der Waals surface area contributed by atoms with Crippen LogP contribution in [0.5, 0.6) is 0 Å². The van der Waals surface area contributed by atoms with Crippen LogP contribution in [0.15, 0.2) is 30.5 Å². The lowest BCUT2D eigenvalue weighted by molar-refractivity contribution is -0.128. The first kappa shape index (κ1) is 22.4. The molecule has 1 aromatic heterocycles. The van der Waals surface area contributed by atoms with Crippen molar-refractivity contribution in [2.75, 3.05) is 24.1 Å². The molecule has 0 saturated heterocycles. The molecule has 0 aliphatic rings. The molecule has 0 bridgehead atoms. The van der Waals surface area contributed by atoms with Crippen LogP contribution in [0.3, 0.4) is 0 Å². The third-order valence-corrected chi connectivity index (χ3v) is 6.53. The highest BCUT2D eigenvalue weighted by Crippen LogP contribution is 2.22. The largest absolute Gasteiger partial charge is 0.346 e. The Morgan fingerprint density at radius 3 is 2.86 bits per heavy atom. The van der Waals surface area contributed by atoms with E-state index in [1.54, 1.807) is 30.2 Å². The number of anilines is 1. The average Bonchev–Trinajstić information content (AvgIpc) is 3.06. The number of benzene rings is 1. The van der Waals surface area contributed by atoms with Gasteiger partial charge in [0.15, 0.2) is 5.13 Å². The van der Waals surface area contributed by atoms with Gasteiger partial charge >= 0.3 is 0 Å². The minimum atomic E-state index is -3.62. The van der Waals surface area contributed by atoms with E-state index in [0.717, 1.165) is 22.5 Å². The van der Waals surface area contributed by atoms with Gasteiger partial charge in [-0.25, -0.2) is 13.4 Å². The van der Waals surface area contributed by atoms with Crippen LogP contribution in [0.4, 0.5) is 5.13 Å². The number of hydrogen-bond donors (Lipinski definition) is 2. The van der Waals surface area contributed by atoms with Gasteiger partial charge in [-0.3, -0.25) is 9.52 Å². The van der Waals surface area contributed by atoms with Crippen molar-refractivity contribution in [2.24, 2.45) is 5.73 Å². The van der Waals surface area contributed by atoms with Gasteiger partial charge in [0.1, 0.15) is 0 Å². The topological polar surface area (TPSA) is 105 Å². The van der Waals surface area contributed by atoms with Crippen molar-refractivity contribution in [3.8, 4) is 0 Å². The van der Waals surface area contributed by atoms with Crippen molar-refractivity contribution in [3.05, 3.63) is 51.5 Å². The number of nitrogens with two attached hydrogens (primary N) is 1. The van der Waals surface area contributed by atoms with E-state index in [9.17, 15) is 13.2 Å². The van der Waals surface area contributed by atoms with Crippen molar-refractivity contribution in [1.29, 1.82) is 0 Å². The van der Waals surface area contributed by atoms with Crippen LogP contribution >= 0.6 is 22.9 Å². The van der Waals surface area contributed by atoms with E-state index in [1.807, 2.05) is 13.0 Å². The zero-order valence-electron chi connectivity index (χ0n) is 15.7. The van der Waals surface area contributed by atoms with E-state index >= 15 is 0 Å². The maximum atomic E-state index is 12.3. The molecule has 0 radical (unpaired) electrons. The first-order valence-corrected chi connectivity index (χ1v) is 11.4. The molecule has 1 aromatic carbocycles. The van der Waals surface area contributed by atoms with Crippen LogP contribution in [0, 0.1) is 0 Å². The molecule has 1 amide bonds. The summed E-state index contributed by atoms with van der Waals surface area (Å²) in [7, 11) is -1.90. The summed E-state index contributed by atoms with van der Waals surface area (Å²) < 4.78 is 27.0. The minimum Gasteiger partial charge on any atom is -0.346 e. The Balaban J connectivity index is 1.99. The van der Waals surface area contributed by atoms with Crippen LogP contribution in [0.2, 0.25) is 5.02 Å². The van der Waals surface area contributed by atoms with Gasteiger partial charge in [-0.2, -0.15) is 0 Å². The highest BCUT2D eigenvalue weighted by atomic mass is 35.5. The normalized spacial score (nSPS) is 11.7. The third kappa shape index (κ3) is 6.30. The van der Waals surface area contributed by atoms with Crippen molar-refractivity contribution in [3.63, 3.8) is 0 Å². The Morgan fingerprint density at radius 2 is 2.18 bits per heavy atom. The van der Waals surface area contributed by atoms with Gasteiger partial charge in [0, 0.05) is 36.2 Å². The SMILES string of the molecule is CCN(C)C(=O)Cc1cnc(NS(=O)(=O)CC=Cc2cccc(Cl)c2CN)s1. The molecule has 2 rings (SSSR count). The molecular weight excluding hydrogens is 420 g/mol. The number of sulfonamides is 1. The van der Waals surface area contributed by atoms with Crippen LogP contribution in [-0.4, -0.2) is 43.6 Å². The maximum absolute atomic E-state index is 12.3. The molecule has 28 heavy (non-hydrogen) atoms. The van der Waals surface area contributed by atoms with Crippen LogP contribution < -0.4 is 10.5 Å². The summed E-state index contributed by atoms with van der Waals surface area (Å²) in [5, 5.41) is 0.782. The second kappa shape index (κ2) is 10.0. The van der Waals surface area contributed by atoms with Crippen LogP contribution in [0.25, 0.3) is 6.08 Å². The second-order valence-corrected chi connectivity index (χ2v) is 9.30. The number of thiazole rings is 1. The molecule has 0 atom stereocenters. The van der Waals surface area contributed by atoms with Crippen molar-refractivity contribution in [2.45, 2.75) is 19.9 Å². The highest BCUT2D eigenvalue weighted by molar-refractivity contribution is 7.93. The van der Waals surface area contributed by atoms with Gasteiger partial charge in [-0.05, 0) is 24.1 Å². The molecule has 152 valence electrons. The molecular formula is C18H23ClN4O3S2. The summed E-state index contributed by atoms with van der Waals surface area (Å²) in [5.41, 5.74) is 7.23. The number of nitrogens with zero attached hydrogens (tertiary/aromatic N) is 2. The van der Waals surface area contributed by atoms with Crippen molar-refractivity contribution in [1.82, 2.24) is 9.88 Å². The van der Waals surface area contributed by atoms with Gasteiger partial charge < -0.3 is 10.6 Å². The molecule has 0 spiro atoms. The zero-order valence-corrected chi connectivity index (χ0v) is 18.1. The van der Waals surface area contributed by atoms with E-state index in [2.05, 4.69) is 9.71 Å². The molecule has 0 saturated carbocycles. The summed E-state index contributed by atoms with van der Waals surface area (Å²) >= 11 is 7.24. The first-order valence-electron chi connectivity index (χ1n) is 8.59. The van der Waals surface area contributed by atoms with E-state index in [1.165, 1.54) is 12.3 Å². The van der Waals surface area contributed by atoms with Gasteiger partial charge in [0.2, 0.25) is 15.9 Å². The van der Waals surface area contributed by atoms with Gasteiger partial charge in [0.25, 0.3) is 0 Å². The van der Waals surface area contributed by atoms with E-state index in [-0.39, 0.29) is 29.8 Å². The average molecular weight is 443 g/mol. The maximum Gasteiger partial charge on any atom is 0.238 e. The molecule has 0 fully saturated rings. The number of likely N-dealkylation sites (N-methyl/N-ethyl adjacent to an activating group) is 1. The molecule has 2 aromatic rings. The van der Waals surface area contributed by atoms with Gasteiger partial charge in [-0.1, -0.05) is 35.9 Å². The number of carbonyl (C=O) groups is 1. The molecule has 1 heterocycles. The standard InChI is InChI=1S/C18H23ClN4O3S2/c1-3-23(2)17(24)10-14-12-21-18(27-14)22-28(25,26)9-5-7-13-6-4-8-16(19)15(13)11-20/h4-8,12H,3,9-11,20H2,1-2H3,(H,21,22). The predicted octanol–water partition coefficient (Wildman–Crippen LogP) is 2.73. The molecule has 10 heteroatoms. The fraction of sp³-hybridized carbons (Fsp3) is 0.333. The summed E-state index contributed by atoms with van der Waals surface area (Å²) in [6, 6.07) is 5.34. The number of hydrogen-bond acceptors (Lipinski definition) is 6. The molecule has 0 unspecified atom stereocenters. The number of nitrogens with one attached hydrogen (secondary N) is 1. The smallest absolute Gasteiger partial charge is 0.238 e. The number of halogens is 1. The van der Waals surface area contributed by atoms with Gasteiger partial charge in [0.05, 0.1) is 12.2 Å². The Kier molecular flexibility index (Phi) is 7.99. The number of carbonyl (C=O) groups excluding carboxylic acids is 1. The van der Waals surface area contributed by atoms with Crippen LogP contribution in [0.1, 0.15) is 22.9 Å². The lowest BCUT2D eigenvalue weighted by Crippen LogP contribution is -2.27. The first-order chi connectivity index (χ1) is 13.3. The number of rotatable bonds is 9. The minimum absolute atomic E-state index is 0.0410. The van der Waals surface area contributed by atoms with E-state index in [4.69, 9.17) is 17.3 Å². The van der Waals surface area contributed by atoms with E-state index in [0.29, 0.717) is 16.4 Å². The zero-order chi connectivity index (χ0) is 20.7. The number of amides is 1. The summed E-state index contributed by atoms with van der Waals surface area (Å²) in [6.45, 7) is 2.76. The van der Waals surface area contributed by atoms with Gasteiger partial charge in [-0.15, -0.1) is 11.3 Å². The Hall–Kier alpha value is -1.94. The molecule has 0 aliphatic heterocycles. The lowest BCUT2D eigenvalue weighted by Gasteiger charge is -2.12. The molecule has 7 nitrogen and oxygen atoms in total. The second-order valence-electron chi connectivity index (χ2n) is 6.01. The van der Waals surface area contributed by atoms with Crippen LogP contribution in [-0.2, 0) is 27.8 Å². The van der Waals surface area contributed by atoms with E-state index < -0.39 is 10.0 Å². The molecule has 0 aliphatic carbocycles. The van der Waals surface area contributed by atoms with Crippen molar-refractivity contribution < 1.29 is 13.2 Å². The fourth-order valence-corrected chi connectivity index (χ4v) is 4.53. The highest BCUT2D eigenvalue weighted by Gasteiger charge is 2.14. The monoisotopic (exact) mass is 442 g/mol. The summed E-state index contributed by atoms with van der Waals surface area (Å²) in [6.07, 6.45) is 4.92. The van der Waals surface area contributed by atoms with Crippen molar-refractivity contribution >= 4 is 50.1 Å². The summed E-state index contributed by atoms with van der Waals surface area (Å²) in [5.74, 6) is -0.267. The predicted molar refractivity (Wildman–Crippen MR) is 115 cm³/mol. The Labute approximate surface area is 174 Å².